The molecule has 0 atom stereocenters. The number of carbonyl (C=O) groups is 1. The molecule has 6 nitrogen and oxygen atoms in total. The minimum absolute atomic E-state index is 0.0785. The number of hydrogen-bond donors (Lipinski definition) is 1. The van der Waals surface area contributed by atoms with E-state index in [1.165, 1.54) is 6.42 Å². The van der Waals surface area contributed by atoms with Crippen LogP contribution in [0.25, 0.3) is 0 Å². The first kappa shape index (κ1) is 14.0. The molecule has 1 aromatic heterocycles. The lowest BCUT2D eigenvalue weighted by atomic mass is 9.81. The molecular weight excluding hydrogens is 246 g/mol. The van der Waals surface area contributed by atoms with Crippen molar-refractivity contribution in [2.45, 2.75) is 51.5 Å². The van der Waals surface area contributed by atoms with Crippen molar-refractivity contribution in [1.29, 1.82) is 0 Å². The fourth-order valence-corrected chi connectivity index (χ4v) is 2.55. The van der Waals surface area contributed by atoms with Crippen LogP contribution >= 0.6 is 0 Å². The highest BCUT2D eigenvalue weighted by atomic mass is 16.5. The second kappa shape index (κ2) is 6.14. The first-order chi connectivity index (χ1) is 9.16. The second-order valence-electron chi connectivity index (χ2n) is 4.97. The molecule has 0 aliphatic heterocycles. The van der Waals surface area contributed by atoms with Crippen molar-refractivity contribution in [2.75, 3.05) is 13.2 Å². The van der Waals surface area contributed by atoms with E-state index in [-0.39, 0.29) is 12.5 Å². The van der Waals surface area contributed by atoms with Crippen LogP contribution in [0.3, 0.4) is 0 Å². The Morgan fingerprint density at radius 1 is 1.42 bits per heavy atom. The van der Waals surface area contributed by atoms with Crippen molar-refractivity contribution < 1.29 is 14.1 Å². The molecule has 2 rings (SSSR count). The van der Waals surface area contributed by atoms with Crippen molar-refractivity contribution >= 4 is 5.91 Å². The average molecular weight is 267 g/mol. The number of hydrogen-bond acceptors (Lipinski definition) is 5. The van der Waals surface area contributed by atoms with Crippen molar-refractivity contribution in [3.63, 3.8) is 0 Å². The fraction of sp³-hybridized carbons (Fsp3) is 0.769. The fourth-order valence-electron chi connectivity index (χ4n) is 2.55. The van der Waals surface area contributed by atoms with Gasteiger partial charge < -0.3 is 14.6 Å². The number of amides is 1. The molecule has 1 aliphatic rings. The van der Waals surface area contributed by atoms with Crippen LogP contribution in [0.5, 0.6) is 0 Å². The number of ether oxygens (including phenoxy) is 1. The van der Waals surface area contributed by atoms with Gasteiger partial charge in [0.2, 0.25) is 11.8 Å². The van der Waals surface area contributed by atoms with Crippen molar-refractivity contribution in [3.05, 3.63) is 11.7 Å². The Morgan fingerprint density at radius 2 is 2.16 bits per heavy atom. The van der Waals surface area contributed by atoms with E-state index >= 15 is 0 Å². The van der Waals surface area contributed by atoms with Gasteiger partial charge in [-0.25, -0.2) is 0 Å². The van der Waals surface area contributed by atoms with Crippen LogP contribution in [0, 0.1) is 6.92 Å². The Hall–Kier alpha value is -1.43. The van der Waals surface area contributed by atoms with Crippen molar-refractivity contribution in [1.82, 2.24) is 15.5 Å². The van der Waals surface area contributed by atoms with Gasteiger partial charge in [0.25, 0.3) is 0 Å². The lowest BCUT2D eigenvalue weighted by molar-refractivity contribution is -0.128. The van der Waals surface area contributed by atoms with E-state index in [9.17, 15) is 4.79 Å². The molecule has 0 spiro atoms. The molecule has 1 saturated carbocycles. The smallest absolute Gasteiger partial charge is 0.246 e. The predicted octanol–water partition coefficient (Wildman–Crippen LogP) is 1.69. The van der Waals surface area contributed by atoms with Gasteiger partial charge >= 0.3 is 0 Å². The van der Waals surface area contributed by atoms with Gasteiger partial charge in [-0.2, -0.15) is 4.98 Å². The molecule has 1 aliphatic carbocycles. The number of aromatic nitrogens is 2. The maximum Gasteiger partial charge on any atom is 0.246 e. The van der Waals surface area contributed by atoms with Gasteiger partial charge in [0.05, 0.1) is 0 Å². The summed E-state index contributed by atoms with van der Waals surface area (Å²) in [4.78, 5) is 16.2. The Labute approximate surface area is 112 Å². The molecule has 0 radical (unpaired) electrons. The quantitative estimate of drug-likeness (QED) is 0.878. The third-order valence-corrected chi connectivity index (χ3v) is 3.48. The largest absolute Gasteiger partial charge is 0.372 e. The zero-order valence-electron chi connectivity index (χ0n) is 11.6. The van der Waals surface area contributed by atoms with Crippen LogP contribution in [-0.4, -0.2) is 29.3 Å². The first-order valence-electron chi connectivity index (χ1n) is 6.86. The van der Waals surface area contributed by atoms with E-state index in [1.54, 1.807) is 6.92 Å². The van der Waals surface area contributed by atoms with Gasteiger partial charge in [-0.05, 0) is 19.8 Å². The second-order valence-corrected chi connectivity index (χ2v) is 4.97. The number of aryl methyl sites for hydroxylation is 1. The van der Waals surface area contributed by atoms with Crippen molar-refractivity contribution in [2.24, 2.45) is 0 Å². The van der Waals surface area contributed by atoms with Crippen LogP contribution in [0.1, 0.15) is 50.7 Å². The molecule has 0 unspecified atom stereocenters. The van der Waals surface area contributed by atoms with Crippen LogP contribution in [0.4, 0.5) is 0 Å². The van der Waals surface area contributed by atoms with E-state index in [0.29, 0.717) is 18.3 Å². The number of nitrogens with zero attached hydrogens (tertiary/aromatic N) is 2. The highest BCUT2D eigenvalue weighted by molar-refractivity contribution is 5.78. The van der Waals surface area contributed by atoms with E-state index in [0.717, 1.165) is 25.7 Å². The van der Waals surface area contributed by atoms with Gasteiger partial charge in [0.15, 0.2) is 5.82 Å². The minimum atomic E-state index is -0.482. The molecule has 1 fully saturated rings. The Kier molecular flexibility index (Phi) is 4.52. The minimum Gasteiger partial charge on any atom is -0.372 e. The summed E-state index contributed by atoms with van der Waals surface area (Å²) in [5.74, 6) is 1.000. The van der Waals surface area contributed by atoms with Gasteiger partial charge in [-0.3, -0.25) is 4.79 Å². The van der Waals surface area contributed by atoms with Gasteiger partial charge in [-0.1, -0.05) is 24.4 Å². The zero-order valence-corrected chi connectivity index (χ0v) is 11.6. The molecule has 0 saturated heterocycles. The molecule has 0 bridgehead atoms. The lowest BCUT2D eigenvalue weighted by Crippen LogP contribution is -2.49. The van der Waals surface area contributed by atoms with Crippen LogP contribution in [-0.2, 0) is 15.1 Å². The SMILES string of the molecule is CCOCC(=O)NC1(c2noc(C)n2)CCCCC1. The molecule has 1 aromatic rings. The molecule has 1 N–H and O–H groups in total. The van der Waals surface area contributed by atoms with E-state index in [2.05, 4.69) is 15.5 Å². The van der Waals surface area contributed by atoms with Gasteiger partial charge in [0, 0.05) is 13.5 Å². The summed E-state index contributed by atoms with van der Waals surface area (Å²) in [6.45, 7) is 4.23. The lowest BCUT2D eigenvalue weighted by Gasteiger charge is -2.35. The van der Waals surface area contributed by atoms with Crippen LogP contribution < -0.4 is 5.32 Å². The van der Waals surface area contributed by atoms with E-state index in [4.69, 9.17) is 9.26 Å². The normalized spacial score (nSPS) is 18.2. The summed E-state index contributed by atoms with van der Waals surface area (Å²) >= 11 is 0. The Morgan fingerprint density at radius 3 is 2.74 bits per heavy atom. The first-order valence-corrected chi connectivity index (χ1v) is 6.86. The molecule has 0 aromatic carbocycles. The Balaban J connectivity index is 2.13. The number of rotatable bonds is 5. The average Bonchev–Trinajstić information content (AvgIpc) is 2.85. The van der Waals surface area contributed by atoms with E-state index < -0.39 is 5.54 Å². The van der Waals surface area contributed by atoms with E-state index in [1.807, 2.05) is 6.92 Å². The Bertz CT molecular complexity index is 425. The topological polar surface area (TPSA) is 77.2 Å². The summed E-state index contributed by atoms with van der Waals surface area (Å²) in [5.41, 5.74) is -0.482. The molecule has 6 heteroatoms. The predicted molar refractivity (Wildman–Crippen MR) is 68.4 cm³/mol. The highest BCUT2D eigenvalue weighted by Gasteiger charge is 2.39. The van der Waals surface area contributed by atoms with Crippen LogP contribution in [0.2, 0.25) is 0 Å². The zero-order chi connectivity index (χ0) is 13.7. The molecule has 1 heterocycles. The highest BCUT2D eigenvalue weighted by Crippen LogP contribution is 2.35. The number of carbonyl (C=O) groups excluding carboxylic acids is 1. The van der Waals surface area contributed by atoms with Crippen LogP contribution in [0.15, 0.2) is 4.52 Å². The monoisotopic (exact) mass is 267 g/mol. The molecule has 106 valence electrons. The van der Waals surface area contributed by atoms with Gasteiger partial charge in [0.1, 0.15) is 12.1 Å². The van der Waals surface area contributed by atoms with Crippen molar-refractivity contribution in [3.8, 4) is 0 Å². The standard InChI is InChI=1S/C13H21N3O3/c1-3-18-9-11(17)15-13(7-5-4-6-8-13)12-14-10(2)19-16-12/h3-9H2,1-2H3,(H,15,17). The molecule has 1 amide bonds. The summed E-state index contributed by atoms with van der Waals surface area (Å²) in [5, 5.41) is 7.05. The molecule has 19 heavy (non-hydrogen) atoms. The molecular formula is C13H21N3O3. The third kappa shape index (κ3) is 3.32. The number of nitrogens with one attached hydrogen (secondary N) is 1. The third-order valence-electron chi connectivity index (χ3n) is 3.48. The summed E-state index contributed by atoms with van der Waals surface area (Å²) in [6.07, 6.45) is 5.00. The summed E-state index contributed by atoms with van der Waals surface area (Å²) in [7, 11) is 0. The maximum atomic E-state index is 11.9. The maximum absolute atomic E-state index is 11.9. The summed E-state index contributed by atoms with van der Waals surface area (Å²) in [6, 6.07) is 0. The summed E-state index contributed by atoms with van der Waals surface area (Å²) < 4.78 is 10.2. The van der Waals surface area contributed by atoms with Gasteiger partial charge in [-0.15, -0.1) is 0 Å².